The first kappa shape index (κ1) is 33.8. The monoisotopic (exact) mass is 615 g/mol. The highest BCUT2D eigenvalue weighted by Gasteiger charge is 2.35. The van der Waals surface area contributed by atoms with Gasteiger partial charge in [0.1, 0.15) is 16.5 Å². The number of hydrogen-bond acceptors (Lipinski definition) is 9. The average molecular weight is 616 g/mol. The van der Waals surface area contributed by atoms with E-state index in [2.05, 4.69) is 14.7 Å². The smallest absolute Gasteiger partial charge is 0.419 e. The summed E-state index contributed by atoms with van der Waals surface area (Å²) in [5.41, 5.74) is 4.05. The summed E-state index contributed by atoms with van der Waals surface area (Å²) in [6, 6.07) is 7.01. The second kappa shape index (κ2) is 16.1. The van der Waals surface area contributed by atoms with Crippen LogP contribution in [-0.4, -0.2) is 53.2 Å². The minimum Gasteiger partial charge on any atom is -0.494 e. The van der Waals surface area contributed by atoms with E-state index in [1.807, 2.05) is 0 Å². The molecular weight excluding hydrogens is 587 g/mol. The Kier molecular flexibility index (Phi) is 13.6. The molecule has 222 valence electrons. The Morgan fingerprint density at radius 2 is 1.62 bits per heavy atom. The van der Waals surface area contributed by atoms with Gasteiger partial charge in [0, 0.05) is 11.8 Å². The zero-order chi connectivity index (χ0) is 29.8. The number of ether oxygens (including phenoxy) is 2. The highest BCUT2D eigenvalue weighted by molar-refractivity contribution is 8.13. The van der Waals surface area contributed by atoms with E-state index in [9.17, 15) is 26.3 Å². The molecule has 8 nitrogen and oxygen atoms in total. The third-order valence-corrected chi connectivity index (χ3v) is 6.10. The molecule has 0 radical (unpaired) electrons. The van der Waals surface area contributed by atoms with E-state index in [1.54, 1.807) is 6.26 Å². The van der Waals surface area contributed by atoms with Gasteiger partial charge in [0.15, 0.2) is 0 Å². The molecule has 0 bridgehead atoms. The summed E-state index contributed by atoms with van der Waals surface area (Å²) in [7, 11) is -2.57. The van der Waals surface area contributed by atoms with Crippen molar-refractivity contribution in [1.82, 2.24) is 0 Å². The molecule has 0 fully saturated rings. The van der Waals surface area contributed by atoms with Gasteiger partial charge in [-0.3, -0.25) is 0 Å². The lowest BCUT2D eigenvalue weighted by Crippen LogP contribution is -2.26. The van der Waals surface area contributed by atoms with Gasteiger partial charge < -0.3 is 29.5 Å². The second-order valence-corrected chi connectivity index (χ2v) is 9.63. The van der Waals surface area contributed by atoms with Crippen molar-refractivity contribution in [2.45, 2.75) is 37.7 Å². The number of halogens is 6. The SMILES string of the molecule is CS/C(=N\N=C\C(N)COP(O)O)c1ccc(OCCCCCOc2ccc(C(F)(F)F)cc2)c(C(F)(F)F)c1. The molecule has 1 atom stereocenters. The van der Waals surface area contributed by atoms with Crippen LogP contribution in [0.3, 0.4) is 0 Å². The topological polar surface area (TPSA) is 119 Å². The predicted octanol–water partition coefficient (Wildman–Crippen LogP) is 6.00. The number of unbranched alkanes of at least 4 members (excludes halogenated alkanes) is 2. The molecule has 4 N–H and O–H groups in total. The quantitative estimate of drug-likeness (QED) is 0.0596. The maximum absolute atomic E-state index is 13.7. The number of thioether (sulfide) groups is 1. The van der Waals surface area contributed by atoms with E-state index in [-0.39, 0.29) is 41.9 Å². The number of hydrogen-bond donors (Lipinski definition) is 3. The van der Waals surface area contributed by atoms with Crippen LogP contribution in [0.5, 0.6) is 11.5 Å². The molecule has 0 aromatic heterocycles. The van der Waals surface area contributed by atoms with Crippen LogP contribution < -0.4 is 15.2 Å². The van der Waals surface area contributed by atoms with Gasteiger partial charge >= 0.3 is 21.0 Å². The molecule has 16 heteroatoms. The standard InChI is InChI=1S/C24H28F6N3O5PS/c1-40-22(33-32-14-18(31)15-38-39(34)35)16-5-10-21(20(13-16)24(28,29)30)37-12-4-2-3-11-36-19-8-6-17(7-9-19)23(25,26)27/h5-10,13-14,18,34-35H,2-4,11-12,15,31H2,1H3/b32-14+,33-22-. The van der Waals surface area contributed by atoms with Crippen LogP contribution in [0.2, 0.25) is 0 Å². The summed E-state index contributed by atoms with van der Waals surface area (Å²) < 4.78 is 94.3. The molecule has 2 aromatic rings. The normalized spacial score (nSPS) is 13.7. The average Bonchev–Trinajstić information content (AvgIpc) is 2.88. The molecule has 0 saturated carbocycles. The lowest BCUT2D eigenvalue weighted by atomic mass is 10.1. The molecule has 2 aromatic carbocycles. The Morgan fingerprint density at radius 3 is 2.20 bits per heavy atom. The van der Waals surface area contributed by atoms with Gasteiger partial charge in [-0.25, -0.2) is 0 Å². The highest BCUT2D eigenvalue weighted by Crippen LogP contribution is 2.37. The van der Waals surface area contributed by atoms with E-state index >= 15 is 0 Å². The van der Waals surface area contributed by atoms with Gasteiger partial charge in [0.2, 0.25) is 0 Å². The second-order valence-electron chi connectivity index (χ2n) is 8.07. The van der Waals surface area contributed by atoms with Crippen LogP contribution in [-0.2, 0) is 16.9 Å². The fourth-order valence-corrected chi connectivity index (χ4v) is 3.88. The number of rotatable bonds is 14. The molecule has 0 heterocycles. The number of nitrogens with zero attached hydrogens (tertiary/aromatic N) is 2. The van der Waals surface area contributed by atoms with Crippen molar-refractivity contribution >= 4 is 31.6 Å². The summed E-state index contributed by atoms with van der Waals surface area (Å²) in [5, 5.41) is 7.82. The van der Waals surface area contributed by atoms with Crippen LogP contribution in [0.15, 0.2) is 52.7 Å². The van der Waals surface area contributed by atoms with Crippen LogP contribution in [0, 0.1) is 0 Å². The maximum atomic E-state index is 13.7. The Morgan fingerprint density at radius 1 is 0.975 bits per heavy atom. The summed E-state index contributed by atoms with van der Waals surface area (Å²) in [6.45, 7) is 0.0122. The number of alkyl halides is 6. The molecule has 2 rings (SSSR count). The summed E-state index contributed by atoms with van der Waals surface area (Å²) in [5.74, 6) is -0.0537. The fourth-order valence-electron chi connectivity index (χ4n) is 3.09. The van der Waals surface area contributed by atoms with E-state index in [4.69, 9.17) is 25.0 Å². The Labute approximate surface area is 232 Å². The Bertz CT molecular complexity index is 1120. The number of nitrogens with two attached hydrogens (primary N) is 1. The van der Waals surface area contributed by atoms with Crippen molar-refractivity contribution < 1.29 is 50.1 Å². The van der Waals surface area contributed by atoms with E-state index in [0.29, 0.717) is 19.3 Å². The van der Waals surface area contributed by atoms with Crippen LogP contribution in [0.25, 0.3) is 0 Å². The Balaban J connectivity index is 1.89. The lowest BCUT2D eigenvalue weighted by Gasteiger charge is -2.15. The zero-order valence-corrected chi connectivity index (χ0v) is 22.9. The van der Waals surface area contributed by atoms with Crippen molar-refractivity contribution in [2.24, 2.45) is 15.9 Å². The predicted molar refractivity (Wildman–Crippen MR) is 142 cm³/mol. The van der Waals surface area contributed by atoms with Crippen LogP contribution >= 0.6 is 20.4 Å². The van der Waals surface area contributed by atoms with Gasteiger partial charge in [0.05, 0.1) is 37.0 Å². The minimum atomic E-state index is -4.69. The van der Waals surface area contributed by atoms with Crippen LogP contribution in [0.4, 0.5) is 26.3 Å². The third-order valence-electron chi connectivity index (χ3n) is 5.01. The molecular formula is C24H28F6N3O5PS. The summed E-state index contributed by atoms with van der Waals surface area (Å²) >= 11 is 1.06. The molecule has 0 spiro atoms. The maximum Gasteiger partial charge on any atom is 0.419 e. The van der Waals surface area contributed by atoms with Crippen molar-refractivity contribution in [2.75, 3.05) is 26.1 Å². The third kappa shape index (κ3) is 12.0. The first-order chi connectivity index (χ1) is 18.8. The molecule has 40 heavy (non-hydrogen) atoms. The molecule has 0 aliphatic carbocycles. The summed E-state index contributed by atoms with van der Waals surface area (Å²) in [4.78, 5) is 17.4. The van der Waals surface area contributed by atoms with Crippen molar-refractivity contribution in [3.05, 3.63) is 59.2 Å². The summed E-state index contributed by atoms with van der Waals surface area (Å²) in [6.07, 6.45) is -4.83. The fraction of sp³-hybridized carbons (Fsp3) is 0.417. The molecule has 0 amide bonds. The zero-order valence-electron chi connectivity index (χ0n) is 21.2. The molecule has 0 saturated heterocycles. The van der Waals surface area contributed by atoms with Crippen LogP contribution in [0.1, 0.15) is 36.0 Å². The molecule has 1 unspecified atom stereocenters. The minimum absolute atomic E-state index is 0.0142. The van der Waals surface area contributed by atoms with E-state index < -0.39 is 38.1 Å². The van der Waals surface area contributed by atoms with E-state index in [0.717, 1.165) is 36.2 Å². The van der Waals surface area contributed by atoms with Gasteiger partial charge in [-0.05, 0) is 68.0 Å². The molecule has 0 aliphatic rings. The molecule has 0 aliphatic heterocycles. The van der Waals surface area contributed by atoms with Gasteiger partial charge in [-0.15, -0.1) is 16.9 Å². The largest absolute Gasteiger partial charge is 0.494 e. The van der Waals surface area contributed by atoms with Gasteiger partial charge in [-0.1, -0.05) is 0 Å². The van der Waals surface area contributed by atoms with Crippen molar-refractivity contribution in [3.63, 3.8) is 0 Å². The van der Waals surface area contributed by atoms with Crippen molar-refractivity contribution in [1.29, 1.82) is 0 Å². The van der Waals surface area contributed by atoms with Gasteiger partial charge in [0.25, 0.3) is 0 Å². The highest BCUT2D eigenvalue weighted by atomic mass is 32.2. The Hall–Kier alpha value is -2.42. The number of benzene rings is 2. The lowest BCUT2D eigenvalue weighted by molar-refractivity contribution is -0.139. The van der Waals surface area contributed by atoms with Crippen molar-refractivity contribution in [3.8, 4) is 11.5 Å². The van der Waals surface area contributed by atoms with Gasteiger partial charge in [-0.2, -0.15) is 31.4 Å². The van der Waals surface area contributed by atoms with E-state index in [1.165, 1.54) is 24.3 Å². The first-order valence-electron chi connectivity index (χ1n) is 11.7. The first-order valence-corrected chi connectivity index (χ1v) is 14.1.